The van der Waals surface area contributed by atoms with Gasteiger partial charge < -0.3 is 4.74 Å². The van der Waals surface area contributed by atoms with Crippen LogP contribution in [0.25, 0.3) is 0 Å². The number of rotatable bonds is 5. The summed E-state index contributed by atoms with van der Waals surface area (Å²) in [6.07, 6.45) is 0.831. The summed E-state index contributed by atoms with van der Waals surface area (Å²) in [4.78, 5) is 53.4. The average molecular weight is 575 g/mol. The minimum atomic E-state index is -0.747. The molecule has 33 heavy (non-hydrogen) atoms. The Balaban J connectivity index is 1.37. The van der Waals surface area contributed by atoms with Crippen LogP contribution in [0.4, 0.5) is 5.69 Å². The highest BCUT2D eigenvalue weighted by Crippen LogP contribution is 2.60. The van der Waals surface area contributed by atoms with Gasteiger partial charge in [-0.05, 0) is 37.3 Å². The van der Waals surface area contributed by atoms with Gasteiger partial charge in [0, 0.05) is 15.2 Å². The average Bonchev–Trinajstić information content (AvgIpc) is 3.42. The van der Waals surface area contributed by atoms with Crippen LogP contribution in [0.3, 0.4) is 0 Å². The molecule has 170 valence electrons. The maximum absolute atomic E-state index is 13.4. The fraction of sp³-hybridized carbons (Fsp3) is 0.360. The van der Waals surface area contributed by atoms with E-state index in [9.17, 15) is 19.2 Å². The first kappa shape index (κ1) is 22.5. The molecule has 0 spiro atoms. The van der Waals surface area contributed by atoms with E-state index < -0.39 is 12.6 Å². The largest absolute Gasteiger partial charge is 0.454 e. The Labute approximate surface area is 207 Å². The number of hydrogen-bond acceptors (Lipinski definition) is 5. The number of halogens is 2. The van der Waals surface area contributed by atoms with Crippen molar-refractivity contribution in [2.75, 3.05) is 11.5 Å². The minimum Gasteiger partial charge on any atom is -0.454 e. The summed E-state index contributed by atoms with van der Waals surface area (Å²) in [6.45, 7) is 1.49. The topological polar surface area (TPSA) is 80.8 Å². The Morgan fingerprint density at radius 3 is 2.12 bits per heavy atom. The lowest BCUT2D eigenvalue weighted by molar-refractivity contribution is -0.123. The molecule has 2 aliphatic carbocycles. The predicted molar refractivity (Wildman–Crippen MR) is 129 cm³/mol. The molecule has 6 atom stereocenters. The summed E-state index contributed by atoms with van der Waals surface area (Å²) in [5.41, 5.74) is 1.77. The van der Waals surface area contributed by atoms with E-state index in [2.05, 4.69) is 31.9 Å². The number of fused-ring (bicyclic) bond motifs is 5. The van der Waals surface area contributed by atoms with Gasteiger partial charge in [0.25, 0.3) is 0 Å². The number of ether oxygens (including phenoxy) is 1. The van der Waals surface area contributed by atoms with Gasteiger partial charge in [0.15, 0.2) is 12.4 Å². The van der Waals surface area contributed by atoms with Crippen LogP contribution in [0.5, 0.6) is 0 Å². The Kier molecular flexibility index (Phi) is 5.77. The van der Waals surface area contributed by atoms with Crippen LogP contribution in [0.2, 0.25) is 0 Å². The third kappa shape index (κ3) is 3.58. The van der Waals surface area contributed by atoms with E-state index in [4.69, 9.17) is 4.74 Å². The smallest absolute Gasteiger partial charge is 0.340 e. The van der Waals surface area contributed by atoms with E-state index in [0.29, 0.717) is 5.56 Å². The lowest BCUT2D eigenvalue weighted by Gasteiger charge is -2.28. The summed E-state index contributed by atoms with van der Waals surface area (Å²) < 4.78 is 5.28. The van der Waals surface area contributed by atoms with Crippen molar-refractivity contribution in [1.29, 1.82) is 0 Å². The summed E-state index contributed by atoms with van der Waals surface area (Å²) in [6, 6.07) is 13.4. The van der Waals surface area contributed by atoms with Crippen molar-refractivity contribution in [2.24, 2.45) is 23.7 Å². The van der Waals surface area contributed by atoms with Crippen molar-refractivity contribution in [1.82, 2.24) is 0 Å². The number of amides is 2. The van der Waals surface area contributed by atoms with Crippen LogP contribution < -0.4 is 4.90 Å². The molecule has 0 aromatic heterocycles. The van der Waals surface area contributed by atoms with Gasteiger partial charge >= 0.3 is 5.97 Å². The van der Waals surface area contributed by atoms with Crippen LogP contribution >= 0.6 is 31.9 Å². The second-order valence-corrected chi connectivity index (χ2v) is 11.0. The van der Waals surface area contributed by atoms with Crippen LogP contribution in [0.1, 0.15) is 32.7 Å². The maximum atomic E-state index is 13.4. The van der Waals surface area contributed by atoms with Gasteiger partial charge in [-0.15, -0.1) is 0 Å². The Morgan fingerprint density at radius 1 is 0.939 bits per heavy atom. The summed E-state index contributed by atoms with van der Waals surface area (Å²) in [5, 5.41) is 0. The monoisotopic (exact) mass is 573 g/mol. The second-order valence-electron chi connectivity index (χ2n) is 8.90. The Hall–Kier alpha value is -2.32. The molecule has 6 nitrogen and oxygen atoms in total. The molecule has 1 aliphatic heterocycles. The van der Waals surface area contributed by atoms with E-state index >= 15 is 0 Å². The van der Waals surface area contributed by atoms with Gasteiger partial charge in [-0.25, -0.2) is 9.69 Å². The van der Waals surface area contributed by atoms with E-state index in [0.717, 1.165) is 16.9 Å². The van der Waals surface area contributed by atoms with Gasteiger partial charge in [-0.2, -0.15) is 0 Å². The van der Waals surface area contributed by atoms with Crippen LogP contribution in [0.15, 0.2) is 48.5 Å². The van der Waals surface area contributed by atoms with E-state index in [1.54, 1.807) is 30.3 Å². The molecule has 2 aromatic rings. The number of carbonyl (C=O) groups excluding carboxylic acids is 4. The zero-order valence-electron chi connectivity index (χ0n) is 17.7. The number of alkyl halides is 2. The van der Waals surface area contributed by atoms with Crippen molar-refractivity contribution in [3.05, 3.63) is 65.2 Å². The van der Waals surface area contributed by atoms with Gasteiger partial charge in [0.05, 0.1) is 23.1 Å². The first-order chi connectivity index (χ1) is 15.8. The molecule has 0 unspecified atom stereocenters. The number of para-hydroxylation sites is 1. The lowest BCUT2D eigenvalue weighted by Crippen LogP contribution is -2.37. The lowest BCUT2D eigenvalue weighted by atomic mass is 9.81. The normalized spacial score (nSPS) is 30.0. The fourth-order valence-electron chi connectivity index (χ4n) is 5.46. The van der Waals surface area contributed by atoms with Crippen molar-refractivity contribution in [2.45, 2.75) is 23.0 Å². The number of nitrogens with zero attached hydrogens (tertiary/aromatic N) is 1. The first-order valence-electron chi connectivity index (χ1n) is 10.8. The molecule has 1 heterocycles. The van der Waals surface area contributed by atoms with Crippen LogP contribution in [-0.2, 0) is 14.3 Å². The number of benzene rings is 2. The van der Waals surface area contributed by atoms with Gasteiger partial charge in [0.1, 0.15) is 0 Å². The van der Waals surface area contributed by atoms with Gasteiger partial charge in [-0.1, -0.05) is 73.8 Å². The standard InChI is InChI=1S/C25H21Br2NO5/c1-12-6-8-13(9-7-12)18(29)11-33-25(32)14-4-2-3-5-17(14)28-23(30)19-15-10-16(20(19)24(28)31)22(27)21(15)26/h2-9,15-16,19-22H,10-11H2,1H3/t15-,16-,19-,20-,21+,22+/m1/s1. The second kappa shape index (κ2) is 8.47. The molecule has 0 N–H and O–H groups in total. The van der Waals surface area contributed by atoms with E-state index in [-0.39, 0.29) is 62.2 Å². The number of ketones is 1. The van der Waals surface area contributed by atoms with Crippen molar-refractivity contribution in [3.63, 3.8) is 0 Å². The summed E-state index contributed by atoms with van der Waals surface area (Å²) in [5.74, 6) is -2.21. The number of Topliss-reactive ketones (excluding diaryl/α,β-unsaturated/α-hetero) is 1. The van der Waals surface area contributed by atoms with Gasteiger partial charge in [0.2, 0.25) is 11.8 Å². The quantitative estimate of drug-likeness (QED) is 0.230. The van der Waals surface area contributed by atoms with Crippen LogP contribution in [0, 0.1) is 30.6 Å². The van der Waals surface area contributed by atoms with Gasteiger partial charge in [-0.3, -0.25) is 14.4 Å². The van der Waals surface area contributed by atoms with Crippen molar-refractivity contribution in [3.8, 4) is 0 Å². The molecule has 2 saturated carbocycles. The molecule has 1 saturated heterocycles. The zero-order chi connectivity index (χ0) is 23.4. The van der Waals surface area contributed by atoms with Crippen molar-refractivity contribution >= 4 is 61.1 Å². The Bertz CT molecular complexity index is 1130. The number of aryl methyl sites for hydroxylation is 1. The number of carbonyl (C=O) groups is 4. The molecule has 2 bridgehead atoms. The number of imide groups is 1. The number of hydrogen-bond donors (Lipinski definition) is 0. The SMILES string of the molecule is Cc1ccc(C(=O)COC(=O)c2ccccc2N2C(=O)[C@@H]3[C@H]4C[C@@H]([C@H](Br)[C@H]4Br)[C@H]3C2=O)cc1. The van der Waals surface area contributed by atoms with E-state index in [1.807, 2.05) is 19.1 Å². The molecule has 3 aliphatic rings. The third-order valence-electron chi connectivity index (χ3n) is 7.06. The minimum absolute atomic E-state index is 0.0806. The first-order valence-corrected chi connectivity index (χ1v) is 12.6. The summed E-state index contributed by atoms with van der Waals surface area (Å²) >= 11 is 7.36. The zero-order valence-corrected chi connectivity index (χ0v) is 20.9. The molecule has 5 rings (SSSR count). The molecule has 2 aromatic carbocycles. The maximum Gasteiger partial charge on any atom is 0.340 e. The number of esters is 1. The molecule has 0 radical (unpaired) electrons. The number of anilines is 1. The molecule has 2 amide bonds. The molecule has 3 fully saturated rings. The fourth-order valence-corrected chi connectivity index (χ4v) is 7.33. The molecule has 8 heteroatoms. The molecular formula is C25H21Br2NO5. The van der Waals surface area contributed by atoms with E-state index in [1.165, 1.54) is 6.07 Å². The highest BCUT2D eigenvalue weighted by atomic mass is 79.9. The summed E-state index contributed by atoms with van der Waals surface area (Å²) in [7, 11) is 0. The van der Waals surface area contributed by atoms with Crippen molar-refractivity contribution < 1.29 is 23.9 Å². The highest BCUT2D eigenvalue weighted by molar-refractivity contribution is 9.12. The molecular weight excluding hydrogens is 554 g/mol. The van der Waals surface area contributed by atoms with Crippen LogP contribution in [-0.4, -0.2) is 39.8 Å². The third-order valence-corrected chi connectivity index (χ3v) is 10.3. The Morgan fingerprint density at radius 2 is 1.52 bits per heavy atom. The predicted octanol–water partition coefficient (Wildman–Crippen LogP) is 4.32. The highest BCUT2D eigenvalue weighted by Gasteiger charge is 2.66.